The van der Waals surface area contributed by atoms with E-state index in [1.54, 1.807) is 6.20 Å². The second-order valence-corrected chi connectivity index (χ2v) is 5.62. The summed E-state index contributed by atoms with van der Waals surface area (Å²) in [6, 6.07) is 0. The molecule has 0 amide bonds. The van der Waals surface area contributed by atoms with E-state index in [0.29, 0.717) is 17.6 Å². The van der Waals surface area contributed by atoms with Gasteiger partial charge in [0, 0.05) is 26.2 Å². The van der Waals surface area contributed by atoms with Gasteiger partial charge < -0.3 is 15.4 Å². The summed E-state index contributed by atoms with van der Waals surface area (Å²) in [4.78, 5) is 12.1. The predicted octanol–water partition coefficient (Wildman–Crippen LogP) is 1.21. The first-order valence-corrected chi connectivity index (χ1v) is 7.83. The van der Waals surface area contributed by atoms with Gasteiger partial charge in [0.2, 0.25) is 0 Å². The van der Waals surface area contributed by atoms with Crippen LogP contribution >= 0.6 is 15.9 Å². The monoisotopic (exact) mass is 344 g/mol. The van der Waals surface area contributed by atoms with Crippen LogP contribution < -0.4 is 16.2 Å². The normalized spacial score (nSPS) is 19.0. The van der Waals surface area contributed by atoms with Gasteiger partial charge in [-0.15, -0.1) is 0 Å². The second-order valence-electron chi connectivity index (χ2n) is 4.83. The molecule has 1 unspecified atom stereocenters. The molecule has 2 heterocycles. The molecule has 1 fully saturated rings. The van der Waals surface area contributed by atoms with Crippen molar-refractivity contribution in [1.82, 2.24) is 15.1 Å². The van der Waals surface area contributed by atoms with Gasteiger partial charge in [0.25, 0.3) is 5.56 Å². The molecule has 1 aliphatic rings. The molecular weight excluding hydrogens is 324 g/mol. The highest BCUT2D eigenvalue weighted by Crippen LogP contribution is 2.16. The number of aromatic nitrogens is 2. The van der Waals surface area contributed by atoms with E-state index in [1.807, 2.05) is 0 Å². The topological polar surface area (TPSA) is 68.2 Å². The number of halogens is 1. The van der Waals surface area contributed by atoms with Gasteiger partial charge in [0.1, 0.15) is 4.47 Å². The summed E-state index contributed by atoms with van der Waals surface area (Å²) in [7, 11) is 0. The number of anilines is 1. The van der Waals surface area contributed by atoms with E-state index in [9.17, 15) is 4.79 Å². The first-order chi connectivity index (χ1) is 9.72. The number of hydrogen-bond acceptors (Lipinski definition) is 5. The number of ether oxygens (including phenoxy) is 1. The minimum Gasteiger partial charge on any atom is -0.380 e. The largest absolute Gasteiger partial charge is 0.380 e. The molecule has 1 atom stereocenters. The Hall–Kier alpha value is -0.920. The Bertz CT molecular complexity index is 486. The summed E-state index contributed by atoms with van der Waals surface area (Å²) in [5.41, 5.74) is 0.628. The third-order valence-corrected chi connectivity index (χ3v) is 4.00. The molecule has 2 rings (SSSR count). The summed E-state index contributed by atoms with van der Waals surface area (Å²) in [6.07, 6.45) is 3.81. The van der Waals surface area contributed by atoms with Gasteiger partial charge >= 0.3 is 0 Å². The highest BCUT2D eigenvalue weighted by Gasteiger charge is 2.14. The fourth-order valence-electron chi connectivity index (χ4n) is 2.03. The van der Waals surface area contributed by atoms with Crippen molar-refractivity contribution in [1.29, 1.82) is 0 Å². The Morgan fingerprint density at radius 3 is 3.20 bits per heavy atom. The average Bonchev–Trinajstić information content (AvgIpc) is 2.49. The molecule has 1 aromatic heterocycles. The van der Waals surface area contributed by atoms with Crippen LogP contribution in [0.4, 0.5) is 5.69 Å². The number of aryl methyl sites for hydroxylation is 1. The van der Waals surface area contributed by atoms with Gasteiger partial charge in [-0.1, -0.05) is 13.3 Å². The van der Waals surface area contributed by atoms with Gasteiger partial charge in [-0.2, -0.15) is 5.10 Å². The molecule has 0 aromatic carbocycles. The lowest BCUT2D eigenvalue weighted by molar-refractivity contribution is 0.0372. The van der Waals surface area contributed by atoms with Crippen LogP contribution in [-0.2, 0) is 11.3 Å². The Labute approximate surface area is 127 Å². The lowest BCUT2D eigenvalue weighted by Gasteiger charge is -2.24. The smallest absolute Gasteiger partial charge is 0.283 e. The Morgan fingerprint density at radius 1 is 1.65 bits per heavy atom. The molecule has 0 bridgehead atoms. The van der Waals surface area contributed by atoms with Crippen LogP contribution in [0.2, 0.25) is 0 Å². The van der Waals surface area contributed by atoms with E-state index in [2.05, 4.69) is 38.6 Å². The highest BCUT2D eigenvalue weighted by molar-refractivity contribution is 9.10. The van der Waals surface area contributed by atoms with Crippen molar-refractivity contribution in [2.45, 2.75) is 32.4 Å². The van der Waals surface area contributed by atoms with Gasteiger partial charge in [0.15, 0.2) is 0 Å². The zero-order valence-corrected chi connectivity index (χ0v) is 13.3. The van der Waals surface area contributed by atoms with Crippen LogP contribution in [-0.4, -0.2) is 42.1 Å². The van der Waals surface area contributed by atoms with E-state index in [0.717, 1.165) is 38.2 Å². The molecule has 20 heavy (non-hydrogen) atoms. The number of unbranched alkanes of at least 4 members (excludes halogenated alkanes) is 1. The first kappa shape index (κ1) is 15.5. The van der Waals surface area contributed by atoms with Crippen molar-refractivity contribution in [3.8, 4) is 0 Å². The SMILES string of the molecule is CCCCn1ncc(NCC2CNCCO2)c(Br)c1=O. The number of rotatable bonds is 6. The maximum absolute atomic E-state index is 12.1. The molecule has 7 heteroatoms. The molecule has 0 aliphatic carbocycles. The van der Waals surface area contributed by atoms with Crippen LogP contribution in [0.1, 0.15) is 19.8 Å². The van der Waals surface area contributed by atoms with Crippen molar-refractivity contribution >= 4 is 21.6 Å². The van der Waals surface area contributed by atoms with Crippen LogP contribution in [0, 0.1) is 0 Å². The predicted molar refractivity (Wildman–Crippen MR) is 82.2 cm³/mol. The van der Waals surface area contributed by atoms with E-state index >= 15 is 0 Å². The fourth-order valence-corrected chi connectivity index (χ4v) is 2.48. The Morgan fingerprint density at radius 2 is 2.50 bits per heavy atom. The first-order valence-electron chi connectivity index (χ1n) is 7.04. The maximum Gasteiger partial charge on any atom is 0.283 e. The minimum absolute atomic E-state index is 0.0915. The fraction of sp³-hybridized carbons (Fsp3) is 0.692. The molecule has 0 spiro atoms. The number of morpholine rings is 1. The van der Waals surface area contributed by atoms with E-state index in [1.165, 1.54) is 4.68 Å². The third kappa shape index (κ3) is 4.04. The van der Waals surface area contributed by atoms with E-state index < -0.39 is 0 Å². The molecule has 112 valence electrons. The highest BCUT2D eigenvalue weighted by atomic mass is 79.9. The zero-order chi connectivity index (χ0) is 14.4. The number of hydrogen-bond donors (Lipinski definition) is 2. The molecule has 2 N–H and O–H groups in total. The van der Waals surface area contributed by atoms with Crippen molar-refractivity contribution in [2.75, 3.05) is 31.6 Å². The lowest BCUT2D eigenvalue weighted by Crippen LogP contribution is -2.42. The summed E-state index contributed by atoms with van der Waals surface area (Å²) in [6.45, 7) is 5.86. The third-order valence-electron chi connectivity index (χ3n) is 3.23. The Kier molecular flexibility index (Phi) is 6.00. The molecule has 1 saturated heterocycles. The van der Waals surface area contributed by atoms with Gasteiger partial charge in [0.05, 0.1) is 24.6 Å². The summed E-state index contributed by atoms with van der Waals surface area (Å²) < 4.78 is 7.63. The van der Waals surface area contributed by atoms with Gasteiger partial charge in [-0.05, 0) is 22.4 Å². The van der Waals surface area contributed by atoms with Crippen LogP contribution in [0.3, 0.4) is 0 Å². The van der Waals surface area contributed by atoms with Gasteiger partial charge in [-0.3, -0.25) is 4.79 Å². The maximum atomic E-state index is 12.1. The van der Waals surface area contributed by atoms with Crippen molar-refractivity contribution in [3.05, 3.63) is 21.0 Å². The molecule has 6 nitrogen and oxygen atoms in total. The number of nitrogens with one attached hydrogen (secondary N) is 2. The quantitative estimate of drug-likeness (QED) is 0.811. The average molecular weight is 345 g/mol. The van der Waals surface area contributed by atoms with Crippen molar-refractivity contribution in [2.24, 2.45) is 0 Å². The summed E-state index contributed by atoms with van der Waals surface area (Å²) >= 11 is 3.36. The standard InChI is InChI=1S/C13H21BrN4O2/c1-2-3-5-18-13(19)12(14)11(9-17-18)16-8-10-7-15-4-6-20-10/h9-10,15-16H,2-8H2,1H3. The van der Waals surface area contributed by atoms with Crippen LogP contribution in [0.5, 0.6) is 0 Å². The summed E-state index contributed by atoms with van der Waals surface area (Å²) in [5.74, 6) is 0. The van der Waals surface area contributed by atoms with Crippen LogP contribution in [0.15, 0.2) is 15.5 Å². The van der Waals surface area contributed by atoms with E-state index in [-0.39, 0.29) is 11.7 Å². The molecule has 0 saturated carbocycles. The molecule has 1 aromatic rings. The van der Waals surface area contributed by atoms with Crippen molar-refractivity contribution < 1.29 is 4.74 Å². The molecule has 0 radical (unpaired) electrons. The minimum atomic E-state index is -0.0915. The molecular formula is C13H21BrN4O2. The van der Waals surface area contributed by atoms with Crippen molar-refractivity contribution in [3.63, 3.8) is 0 Å². The summed E-state index contributed by atoms with van der Waals surface area (Å²) in [5, 5.41) is 10.7. The number of nitrogens with zero attached hydrogens (tertiary/aromatic N) is 2. The van der Waals surface area contributed by atoms with Gasteiger partial charge in [-0.25, -0.2) is 4.68 Å². The zero-order valence-electron chi connectivity index (χ0n) is 11.7. The van der Waals surface area contributed by atoms with Crippen LogP contribution in [0.25, 0.3) is 0 Å². The molecule has 1 aliphatic heterocycles. The Balaban J connectivity index is 1.97. The second kappa shape index (κ2) is 7.75. The van der Waals surface area contributed by atoms with E-state index in [4.69, 9.17) is 4.74 Å². The lowest BCUT2D eigenvalue weighted by atomic mass is 10.3.